The van der Waals surface area contributed by atoms with Crippen molar-refractivity contribution in [2.75, 3.05) is 4.72 Å². The second-order valence-electron chi connectivity index (χ2n) is 7.06. The summed E-state index contributed by atoms with van der Waals surface area (Å²) in [5, 5.41) is 10.0. The third-order valence-electron chi connectivity index (χ3n) is 4.77. The number of nitrogens with zero attached hydrogens (tertiary/aromatic N) is 1. The van der Waals surface area contributed by atoms with E-state index in [4.69, 9.17) is 20.8 Å². The minimum absolute atomic E-state index is 0.0544. The van der Waals surface area contributed by atoms with Gasteiger partial charge in [0.05, 0.1) is 5.02 Å². The van der Waals surface area contributed by atoms with E-state index in [1.54, 1.807) is 49.4 Å². The van der Waals surface area contributed by atoms with Crippen molar-refractivity contribution in [2.24, 2.45) is 5.92 Å². The fourth-order valence-electron chi connectivity index (χ4n) is 3.22. The van der Waals surface area contributed by atoms with Crippen LogP contribution >= 0.6 is 11.6 Å². The monoisotopic (exact) mass is 460 g/mol. The Labute approximate surface area is 182 Å². The molecule has 2 heterocycles. The van der Waals surface area contributed by atoms with Crippen LogP contribution < -0.4 is 9.46 Å². The molecular formula is C21H17ClN2O6S. The predicted octanol–water partition coefficient (Wildman–Crippen LogP) is 4.25. The molecule has 2 unspecified atom stereocenters. The van der Waals surface area contributed by atoms with Crippen LogP contribution in [0.15, 0.2) is 76.4 Å². The van der Waals surface area contributed by atoms with Crippen molar-refractivity contribution in [1.29, 1.82) is 0 Å². The molecule has 0 bridgehead atoms. The summed E-state index contributed by atoms with van der Waals surface area (Å²) in [4.78, 5) is 15.7. The van der Waals surface area contributed by atoms with Gasteiger partial charge in [0.1, 0.15) is 22.8 Å². The average Bonchev–Trinajstić information content (AvgIpc) is 3.15. The summed E-state index contributed by atoms with van der Waals surface area (Å²) in [7, 11) is -4.15. The van der Waals surface area contributed by atoms with E-state index in [-0.39, 0.29) is 21.7 Å². The van der Waals surface area contributed by atoms with Crippen molar-refractivity contribution in [3.63, 3.8) is 0 Å². The number of sulfonamides is 1. The molecule has 2 N–H and O–H groups in total. The lowest BCUT2D eigenvalue weighted by Gasteiger charge is -2.33. The van der Waals surface area contributed by atoms with Crippen LogP contribution in [0.25, 0.3) is 11.0 Å². The molecule has 1 aromatic carbocycles. The highest BCUT2D eigenvalue weighted by Gasteiger charge is 2.40. The zero-order valence-corrected chi connectivity index (χ0v) is 17.7. The molecule has 2 aromatic heterocycles. The summed E-state index contributed by atoms with van der Waals surface area (Å²) in [6.45, 7) is 1.57. The molecule has 0 radical (unpaired) electrons. The number of halogens is 1. The van der Waals surface area contributed by atoms with Gasteiger partial charge in [-0.3, -0.25) is 9.52 Å². The first-order valence-corrected chi connectivity index (χ1v) is 11.0. The van der Waals surface area contributed by atoms with Gasteiger partial charge >= 0.3 is 5.97 Å². The number of hydrogen-bond acceptors (Lipinski definition) is 6. The summed E-state index contributed by atoms with van der Waals surface area (Å²) in [5.41, 5.74) is -0.943. The Morgan fingerprint density at radius 3 is 2.81 bits per heavy atom. The standard InChI is InChI=1S/C21H17ClN2O6S/c1-21(9-5-4-7-15(21)20(25)26)30-19-16(11-14(22)12-23-19)24-31(27,28)18-10-13-6-2-3-8-17(13)29-18/h2-12,15,24H,1H3,(H,25,26). The van der Waals surface area contributed by atoms with Crippen molar-refractivity contribution < 1.29 is 27.5 Å². The van der Waals surface area contributed by atoms with Gasteiger partial charge in [0.15, 0.2) is 0 Å². The number of fused-ring (bicyclic) bond motifs is 1. The van der Waals surface area contributed by atoms with E-state index < -0.39 is 27.5 Å². The Morgan fingerprint density at radius 2 is 2.06 bits per heavy atom. The first-order chi connectivity index (χ1) is 14.7. The van der Waals surface area contributed by atoms with Gasteiger partial charge < -0.3 is 14.3 Å². The van der Waals surface area contributed by atoms with Crippen LogP contribution in [0.4, 0.5) is 5.69 Å². The third-order valence-corrected chi connectivity index (χ3v) is 6.20. The fraction of sp³-hybridized carbons (Fsp3) is 0.143. The van der Waals surface area contributed by atoms with Gasteiger partial charge in [-0.25, -0.2) is 4.98 Å². The number of rotatable bonds is 6. The van der Waals surface area contributed by atoms with E-state index in [0.717, 1.165) is 0 Å². The molecule has 160 valence electrons. The van der Waals surface area contributed by atoms with Gasteiger partial charge in [0, 0.05) is 17.6 Å². The number of carboxylic acid groups (broad SMARTS) is 1. The number of pyridine rings is 1. The van der Waals surface area contributed by atoms with Gasteiger partial charge in [-0.05, 0) is 25.1 Å². The zero-order chi connectivity index (χ0) is 22.2. The maximum atomic E-state index is 12.9. The Morgan fingerprint density at radius 1 is 1.29 bits per heavy atom. The molecule has 31 heavy (non-hydrogen) atoms. The molecule has 0 aliphatic heterocycles. The molecule has 0 amide bonds. The van der Waals surface area contributed by atoms with Gasteiger partial charge in [-0.1, -0.05) is 48.0 Å². The smallest absolute Gasteiger partial charge is 0.314 e. The Balaban J connectivity index is 1.69. The molecule has 1 aliphatic carbocycles. The maximum Gasteiger partial charge on any atom is 0.314 e. The minimum Gasteiger partial charge on any atom is -0.481 e. The number of para-hydroxylation sites is 1. The lowest BCUT2D eigenvalue weighted by atomic mass is 9.85. The van der Waals surface area contributed by atoms with E-state index in [0.29, 0.717) is 11.0 Å². The number of benzene rings is 1. The number of ether oxygens (including phenoxy) is 1. The van der Waals surface area contributed by atoms with Crippen molar-refractivity contribution >= 4 is 44.3 Å². The highest BCUT2D eigenvalue weighted by molar-refractivity contribution is 7.92. The van der Waals surface area contributed by atoms with Crippen LogP contribution in [0.3, 0.4) is 0 Å². The van der Waals surface area contributed by atoms with Crippen LogP contribution in [0.1, 0.15) is 6.92 Å². The van der Waals surface area contributed by atoms with Crippen molar-refractivity contribution in [1.82, 2.24) is 4.98 Å². The van der Waals surface area contributed by atoms with Gasteiger partial charge in [-0.2, -0.15) is 8.42 Å². The molecule has 8 nitrogen and oxygen atoms in total. The number of carbonyl (C=O) groups is 1. The number of nitrogens with one attached hydrogen (secondary N) is 1. The normalized spacial score (nSPS) is 20.6. The number of furan rings is 1. The molecule has 0 spiro atoms. The second-order valence-corrected chi connectivity index (χ2v) is 9.11. The van der Waals surface area contributed by atoms with E-state index in [1.165, 1.54) is 24.4 Å². The van der Waals surface area contributed by atoms with E-state index in [2.05, 4.69) is 9.71 Å². The van der Waals surface area contributed by atoms with Crippen molar-refractivity contribution in [3.8, 4) is 5.88 Å². The predicted molar refractivity (Wildman–Crippen MR) is 115 cm³/mol. The highest BCUT2D eigenvalue weighted by atomic mass is 35.5. The molecule has 1 aliphatic rings. The number of aliphatic carboxylic acids is 1. The second kappa shape index (κ2) is 7.75. The molecule has 3 aromatic rings. The molecule has 0 saturated heterocycles. The topological polar surface area (TPSA) is 119 Å². The quantitative estimate of drug-likeness (QED) is 0.564. The van der Waals surface area contributed by atoms with E-state index in [1.807, 2.05) is 0 Å². The number of aromatic nitrogens is 1. The average molecular weight is 461 g/mol. The Hall–Kier alpha value is -3.30. The summed E-state index contributed by atoms with van der Waals surface area (Å²) >= 11 is 6.02. The highest BCUT2D eigenvalue weighted by Crippen LogP contribution is 2.35. The minimum atomic E-state index is -4.15. The fourth-order valence-corrected chi connectivity index (χ4v) is 4.39. The first kappa shape index (κ1) is 21.0. The summed E-state index contributed by atoms with van der Waals surface area (Å²) < 4.78 is 39.6. The van der Waals surface area contributed by atoms with Crippen LogP contribution in [-0.2, 0) is 14.8 Å². The third kappa shape index (κ3) is 4.14. The van der Waals surface area contributed by atoms with Gasteiger partial charge in [-0.15, -0.1) is 0 Å². The molecular weight excluding hydrogens is 444 g/mol. The number of anilines is 1. The lowest BCUT2D eigenvalue weighted by molar-refractivity contribution is -0.144. The molecule has 0 saturated carbocycles. The Kier molecular flexibility index (Phi) is 5.24. The molecule has 10 heteroatoms. The molecule has 4 rings (SSSR count). The van der Waals surface area contributed by atoms with Crippen molar-refractivity contribution in [2.45, 2.75) is 17.6 Å². The molecule has 2 atom stereocenters. The van der Waals surface area contributed by atoms with Crippen molar-refractivity contribution in [3.05, 3.63) is 71.9 Å². The SMILES string of the molecule is CC1(Oc2ncc(Cl)cc2NS(=O)(=O)c2cc3ccccc3o2)C=CC=CC1C(=O)O. The zero-order valence-electron chi connectivity index (χ0n) is 16.2. The number of carboxylic acids is 1. The van der Waals surface area contributed by atoms with Crippen LogP contribution in [0.2, 0.25) is 5.02 Å². The summed E-state index contributed by atoms with van der Waals surface area (Å²) in [6.07, 6.45) is 7.57. The number of hydrogen-bond donors (Lipinski definition) is 2. The first-order valence-electron chi connectivity index (χ1n) is 9.13. The summed E-state index contributed by atoms with van der Waals surface area (Å²) in [6, 6.07) is 9.59. The van der Waals surface area contributed by atoms with Crippen LogP contribution in [0, 0.1) is 5.92 Å². The van der Waals surface area contributed by atoms with Gasteiger partial charge in [0.25, 0.3) is 10.0 Å². The lowest BCUT2D eigenvalue weighted by Crippen LogP contribution is -2.43. The number of allylic oxidation sites excluding steroid dienone is 2. The molecule has 0 fully saturated rings. The maximum absolute atomic E-state index is 12.9. The Bertz CT molecular complexity index is 1300. The van der Waals surface area contributed by atoms with Crippen LogP contribution in [-0.4, -0.2) is 30.1 Å². The summed E-state index contributed by atoms with van der Waals surface area (Å²) in [5.74, 6) is -2.23. The van der Waals surface area contributed by atoms with E-state index >= 15 is 0 Å². The van der Waals surface area contributed by atoms with E-state index in [9.17, 15) is 18.3 Å². The van der Waals surface area contributed by atoms with Crippen LogP contribution in [0.5, 0.6) is 5.88 Å². The largest absolute Gasteiger partial charge is 0.481 e. The van der Waals surface area contributed by atoms with Gasteiger partial charge in [0.2, 0.25) is 11.0 Å².